The van der Waals surface area contributed by atoms with Gasteiger partial charge in [-0.25, -0.2) is 0 Å². The van der Waals surface area contributed by atoms with Gasteiger partial charge in [0.25, 0.3) is 0 Å². The number of carbonyl (C=O) groups is 2. The Labute approximate surface area is 119 Å². The first kappa shape index (κ1) is 16.0. The highest BCUT2D eigenvalue weighted by molar-refractivity contribution is 5.88. The number of nitrogens with two attached hydrogens (primary N) is 1. The predicted octanol–water partition coefficient (Wildman–Crippen LogP) is 1.09. The Morgan fingerprint density at radius 2 is 1.80 bits per heavy atom. The molecular weight excluding hydrogens is 254 g/mol. The first-order valence-electron chi connectivity index (χ1n) is 6.77. The molecule has 0 saturated heterocycles. The molecule has 1 atom stereocenters. The van der Waals surface area contributed by atoms with Crippen LogP contribution in [0.1, 0.15) is 25.8 Å². The summed E-state index contributed by atoms with van der Waals surface area (Å²) in [7, 11) is 1.57. The van der Waals surface area contributed by atoms with Crippen molar-refractivity contribution in [3.8, 4) is 0 Å². The monoisotopic (exact) mass is 277 g/mol. The molecule has 0 aliphatic rings. The fourth-order valence-electron chi connectivity index (χ4n) is 1.94. The molecule has 0 radical (unpaired) electrons. The molecule has 5 heteroatoms. The number of nitrogen functional groups attached to an aromatic ring is 1. The van der Waals surface area contributed by atoms with Crippen molar-refractivity contribution in [1.29, 1.82) is 0 Å². The molecule has 0 heterocycles. The number of hydrogen-bond donors (Lipinski definition) is 3. The topological polar surface area (TPSA) is 84.2 Å². The molecule has 20 heavy (non-hydrogen) atoms. The Balaban J connectivity index is 2.61. The zero-order valence-corrected chi connectivity index (χ0v) is 12.3. The molecular formula is C15H23N3O2. The van der Waals surface area contributed by atoms with Crippen LogP contribution in [0.25, 0.3) is 0 Å². The molecule has 2 amide bonds. The Morgan fingerprint density at radius 1 is 1.20 bits per heavy atom. The smallest absolute Gasteiger partial charge is 0.242 e. The third-order valence-electron chi connectivity index (χ3n) is 2.95. The minimum atomic E-state index is -0.485. The molecule has 0 saturated carbocycles. The van der Waals surface area contributed by atoms with Crippen LogP contribution < -0.4 is 16.4 Å². The van der Waals surface area contributed by atoms with Crippen LogP contribution >= 0.6 is 0 Å². The highest BCUT2D eigenvalue weighted by Crippen LogP contribution is 2.08. The summed E-state index contributed by atoms with van der Waals surface area (Å²) in [5.74, 6) is 0.00232. The Hall–Kier alpha value is -2.04. The molecule has 0 bridgehead atoms. The van der Waals surface area contributed by atoms with Crippen LogP contribution in [0.3, 0.4) is 0 Å². The fraction of sp³-hybridized carbons (Fsp3) is 0.467. The van der Waals surface area contributed by atoms with Gasteiger partial charge in [-0.1, -0.05) is 26.0 Å². The summed E-state index contributed by atoms with van der Waals surface area (Å²) < 4.78 is 0. The summed E-state index contributed by atoms with van der Waals surface area (Å²) in [6.45, 7) is 4.03. The van der Waals surface area contributed by atoms with E-state index in [4.69, 9.17) is 5.73 Å². The molecule has 0 aliphatic carbocycles. The lowest BCUT2D eigenvalue weighted by molar-refractivity contribution is -0.128. The van der Waals surface area contributed by atoms with Crippen molar-refractivity contribution in [2.24, 2.45) is 5.92 Å². The highest BCUT2D eigenvalue weighted by atomic mass is 16.2. The summed E-state index contributed by atoms with van der Waals surface area (Å²) in [4.78, 5) is 23.7. The van der Waals surface area contributed by atoms with Crippen LogP contribution in [-0.2, 0) is 16.0 Å². The van der Waals surface area contributed by atoms with Crippen molar-refractivity contribution in [3.05, 3.63) is 29.8 Å². The normalized spacial score (nSPS) is 12.0. The van der Waals surface area contributed by atoms with Gasteiger partial charge in [0, 0.05) is 12.7 Å². The summed E-state index contributed by atoms with van der Waals surface area (Å²) in [6, 6.07) is 6.65. The second-order valence-corrected chi connectivity index (χ2v) is 5.28. The molecule has 1 aromatic rings. The summed E-state index contributed by atoms with van der Waals surface area (Å²) in [5.41, 5.74) is 7.13. The van der Waals surface area contributed by atoms with Crippen LogP contribution in [0.4, 0.5) is 5.69 Å². The van der Waals surface area contributed by atoms with Gasteiger partial charge in [0.1, 0.15) is 6.04 Å². The van der Waals surface area contributed by atoms with Crippen LogP contribution in [0, 0.1) is 5.92 Å². The quantitative estimate of drug-likeness (QED) is 0.680. The average Bonchev–Trinajstić information content (AvgIpc) is 2.39. The Morgan fingerprint density at radius 3 is 2.30 bits per heavy atom. The average molecular weight is 277 g/mol. The van der Waals surface area contributed by atoms with Crippen LogP contribution in [0.15, 0.2) is 24.3 Å². The van der Waals surface area contributed by atoms with Crippen LogP contribution in [0.2, 0.25) is 0 Å². The number of amides is 2. The number of benzene rings is 1. The second kappa shape index (κ2) is 7.53. The zero-order valence-electron chi connectivity index (χ0n) is 12.3. The van der Waals surface area contributed by atoms with E-state index in [-0.39, 0.29) is 18.2 Å². The molecule has 110 valence electrons. The molecule has 1 aromatic carbocycles. The molecule has 0 spiro atoms. The van der Waals surface area contributed by atoms with Gasteiger partial charge in [-0.3, -0.25) is 9.59 Å². The standard InChI is InChI=1S/C15H23N3O2/c1-10(2)8-13(15(20)17-3)18-14(19)9-11-4-6-12(16)7-5-11/h4-7,10,13H,8-9,16H2,1-3H3,(H,17,20)(H,18,19). The van der Waals surface area contributed by atoms with E-state index in [1.165, 1.54) is 0 Å². The second-order valence-electron chi connectivity index (χ2n) is 5.28. The predicted molar refractivity (Wildman–Crippen MR) is 80.0 cm³/mol. The molecule has 0 fully saturated rings. The maximum atomic E-state index is 12.0. The van der Waals surface area contributed by atoms with E-state index in [1.807, 2.05) is 26.0 Å². The molecule has 4 N–H and O–H groups in total. The summed E-state index contributed by atoms with van der Waals surface area (Å²) in [5, 5.41) is 5.36. The van der Waals surface area contributed by atoms with Gasteiger partial charge in [0.15, 0.2) is 0 Å². The lowest BCUT2D eigenvalue weighted by Crippen LogP contribution is -2.46. The van der Waals surface area contributed by atoms with E-state index < -0.39 is 6.04 Å². The maximum absolute atomic E-state index is 12.0. The molecule has 1 unspecified atom stereocenters. The van der Waals surface area contributed by atoms with Gasteiger partial charge >= 0.3 is 0 Å². The Bertz CT molecular complexity index is 455. The first-order valence-corrected chi connectivity index (χ1v) is 6.77. The SMILES string of the molecule is CNC(=O)C(CC(C)C)NC(=O)Cc1ccc(N)cc1. The van der Waals surface area contributed by atoms with E-state index in [0.717, 1.165) is 5.56 Å². The number of nitrogens with one attached hydrogen (secondary N) is 2. The lowest BCUT2D eigenvalue weighted by Gasteiger charge is -2.19. The molecule has 0 aliphatic heterocycles. The van der Waals surface area contributed by atoms with Crippen LogP contribution in [0.5, 0.6) is 0 Å². The first-order chi connectivity index (χ1) is 9.42. The molecule has 5 nitrogen and oxygen atoms in total. The van der Waals surface area contributed by atoms with Gasteiger partial charge < -0.3 is 16.4 Å². The minimum Gasteiger partial charge on any atom is -0.399 e. The van der Waals surface area contributed by atoms with Crippen molar-refractivity contribution >= 4 is 17.5 Å². The number of carbonyl (C=O) groups excluding carboxylic acids is 2. The third kappa shape index (κ3) is 5.30. The van der Waals surface area contributed by atoms with Crippen molar-refractivity contribution in [2.45, 2.75) is 32.7 Å². The van der Waals surface area contributed by atoms with E-state index in [0.29, 0.717) is 18.0 Å². The highest BCUT2D eigenvalue weighted by Gasteiger charge is 2.20. The third-order valence-corrected chi connectivity index (χ3v) is 2.95. The van der Waals surface area contributed by atoms with Crippen LogP contribution in [-0.4, -0.2) is 24.9 Å². The van der Waals surface area contributed by atoms with Crippen molar-refractivity contribution in [3.63, 3.8) is 0 Å². The number of hydrogen-bond acceptors (Lipinski definition) is 3. The summed E-state index contributed by atoms with van der Waals surface area (Å²) >= 11 is 0. The Kier molecular flexibility index (Phi) is 6.03. The van der Waals surface area contributed by atoms with Crippen molar-refractivity contribution in [2.75, 3.05) is 12.8 Å². The fourth-order valence-corrected chi connectivity index (χ4v) is 1.94. The zero-order chi connectivity index (χ0) is 15.1. The summed E-state index contributed by atoms with van der Waals surface area (Å²) in [6.07, 6.45) is 0.860. The van der Waals surface area contributed by atoms with Crippen molar-refractivity contribution in [1.82, 2.24) is 10.6 Å². The van der Waals surface area contributed by atoms with E-state index in [2.05, 4.69) is 10.6 Å². The van der Waals surface area contributed by atoms with E-state index in [1.54, 1.807) is 19.2 Å². The maximum Gasteiger partial charge on any atom is 0.242 e. The number of anilines is 1. The number of likely N-dealkylation sites (N-methyl/N-ethyl adjacent to an activating group) is 1. The van der Waals surface area contributed by atoms with E-state index in [9.17, 15) is 9.59 Å². The van der Waals surface area contributed by atoms with Gasteiger partial charge in [-0.05, 0) is 30.0 Å². The lowest BCUT2D eigenvalue weighted by atomic mass is 10.0. The van der Waals surface area contributed by atoms with Gasteiger partial charge in [0.2, 0.25) is 11.8 Å². The van der Waals surface area contributed by atoms with Gasteiger partial charge in [-0.2, -0.15) is 0 Å². The van der Waals surface area contributed by atoms with Gasteiger partial charge in [-0.15, -0.1) is 0 Å². The van der Waals surface area contributed by atoms with Gasteiger partial charge in [0.05, 0.1) is 6.42 Å². The van der Waals surface area contributed by atoms with Crippen molar-refractivity contribution < 1.29 is 9.59 Å². The number of rotatable bonds is 6. The molecule has 0 aromatic heterocycles. The minimum absolute atomic E-state index is 0.163. The van der Waals surface area contributed by atoms with E-state index >= 15 is 0 Å². The molecule has 1 rings (SSSR count). The largest absolute Gasteiger partial charge is 0.399 e.